The average Bonchev–Trinajstić information content (AvgIpc) is 2.47. The van der Waals surface area contributed by atoms with Crippen LogP contribution in [0.2, 0.25) is 0 Å². The first-order chi connectivity index (χ1) is 9.81. The van der Waals surface area contributed by atoms with Gasteiger partial charge >= 0.3 is 0 Å². The SMILES string of the molecule is NCCCC1C2CC3CC1CC(c1ccccc1)(C3)C2. The molecule has 2 N–H and O–H groups in total. The Morgan fingerprint density at radius 3 is 2.35 bits per heavy atom. The minimum Gasteiger partial charge on any atom is -0.330 e. The van der Waals surface area contributed by atoms with Crippen LogP contribution in [0.25, 0.3) is 0 Å². The van der Waals surface area contributed by atoms with Gasteiger partial charge in [0, 0.05) is 0 Å². The smallest absolute Gasteiger partial charge is 0.00389 e. The number of benzene rings is 1. The molecule has 4 aliphatic rings. The van der Waals surface area contributed by atoms with Gasteiger partial charge in [-0.1, -0.05) is 30.3 Å². The molecule has 0 aliphatic heterocycles. The summed E-state index contributed by atoms with van der Waals surface area (Å²) in [5.74, 6) is 4.00. The van der Waals surface area contributed by atoms with E-state index in [2.05, 4.69) is 30.3 Å². The molecule has 4 saturated carbocycles. The topological polar surface area (TPSA) is 26.0 Å². The zero-order valence-electron chi connectivity index (χ0n) is 12.4. The van der Waals surface area contributed by atoms with Crippen LogP contribution in [0.3, 0.4) is 0 Å². The lowest BCUT2D eigenvalue weighted by molar-refractivity contribution is -0.0594. The fourth-order valence-corrected chi connectivity index (χ4v) is 6.10. The van der Waals surface area contributed by atoms with Crippen molar-refractivity contribution in [3.05, 3.63) is 35.9 Å². The van der Waals surface area contributed by atoms with Crippen molar-refractivity contribution in [3.8, 4) is 0 Å². The lowest BCUT2D eigenvalue weighted by Crippen LogP contribution is -2.53. The Hall–Kier alpha value is -0.820. The van der Waals surface area contributed by atoms with E-state index in [1.807, 2.05) is 0 Å². The van der Waals surface area contributed by atoms with Crippen molar-refractivity contribution < 1.29 is 0 Å². The highest BCUT2D eigenvalue weighted by Crippen LogP contribution is 2.63. The van der Waals surface area contributed by atoms with E-state index in [0.29, 0.717) is 5.41 Å². The Bertz CT molecular complexity index is 450. The monoisotopic (exact) mass is 269 g/mol. The number of nitrogens with two attached hydrogens (primary N) is 1. The Morgan fingerprint density at radius 2 is 1.70 bits per heavy atom. The second-order valence-electron chi connectivity index (χ2n) is 7.71. The molecule has 0 amide bonds. The van der Waals surface area contributed by atoms with Crippen LogP contribution in [0, 0.1) is 23.7 Å². The van der Waals surface area contributed by atoms with Crippen LogP contribution < -0.4 is 5.73 Å². The maximum absolute atomic E-state index is 5.75. The largest absolute Gasteiger partial charge is 0.330 e. The van der Waals surface area contributed by atoms with Crippen molar-refractivity contribution >= 4 is 0 Å². The highest BCUT2D eigenvalue weighted by Gasteiger charge is 2.55. The third kappa shape index (κ3) is 1.94. The van der Waals surface area contributed by atoms with Crippen molar-refractivity contribution in [1.82, 2.24) is 0 Å². The van der Waals surface area contributed by atoms with Gasteiger partial charge in [0.05, 0.1) is 0 Å². The summed E-state index contributed by atoms with van der Waals surface area (Å²) in [5, 5.41) is 0. The first-order valence-corrected chi connectivity index (χ1v) is 8.56. The van der Waals surface area contributed by atoms with E-state index < -0.39 is 0 Å². The van der Waals surface area contributed by atoms with Crippen molar-refractivity contribution in [2.45, 2.75) is 50.4 Å². The normalized spacial score (nSPS) is 42.0. The zero-order valence-corrected chi connectivity index (χ0v) is 12.4. The van der Waals surface area contributed by atoms with Crippen molar-refractivity contribution in [2.75, 3.05) is 6.54 Å². The van der Waals surface area contributed by atoms with Crippen LogP contribution >= 0.6 is 0 Å². The van der Waals surface area contributed by atoms with Crippen molar-refractivity contribution in [1.29, 1.82) is 0 Å². The predicted molar refractivity (Wildman–Crippen MR) is 83.5 cm³/mol. The van der Waals surface area contributed by atoms with Gasteiger partial charge in [-0.15, -0.1) is 0 Å². The standard InChI is InChI=1S/C19H27N/c20-8-4-7-18-15-9-14-10-16(18)13-19(11-14,12-15)17-5-2-1-3-6-17/h1-3,5-6,14-16,18H,4,7-13,20H2. The molecule has 2 unspecified atom stereocenters. The number of hydrogen-bond donors (Lipinski definition) is 1. The van der Waals surface area contributed by atoms with Crippen LogP contribution in [-0.4, -0.2) is 6.54 Å². The maximum Gasteiger partial charge on any atom is -0.00389 e. The molecule has 2 atom stereocenters. The molecule has 0 aromatic heterocycles. The summed E-state index contributed by atoms with van der Waals surface area (Å²) in [4.78, 5) is 0. The van der Waals surface area contributed by atoms with Crippen LogP contribution in [0.15, 0.2) is 30.3 Å². The van der Waals surface area contributed by atoms with E-state index >= 15 is 0 Å². The Balaban J connectivity index is 1.61. The molecule has 1 aromatic carbocycles. The molecule has 0 heterocycles. The van der Waals surface area contributed by atoms with E-state index in [-0.39, 0.29) is 0 Å². The van der Waals surface area contributed by atoms with Crippen molar-refractivity contribution in [2.24, 2.45) is 29.4 Å². The van der Waals surface area contributed by atoms with E-state index in [4.69, 9.17) is 5.73 Å². The summed E-state index contributed by atoms with van der Waals surface area (Å²) in [6, 6.07) is 11.4. The minimum atomic E-state index is 0.539. The summed E-state index contributed by atoms with van der Waals surface area (Å²) in [6.45, 7) is 0.878. The first-order valence-electron chi connectivity index (χ1n) is 8.56. The fraction of sp³-hybridized carbons (Fsp3) is 0.684. The summed E-state index contributed by atoms with van der Waals surface area (Å²) < 4.78 is 0. The van der Waals surface area contributed by atoms with Crippen molar-refractivity contribution in [3.63, 3.8) is 0 Å². The van der Waals surface area contributed by atoms with Gasteiger partial charge in [0.25, 0.3) is 0 Å². The molecule has 20 heavy (non-hydrogen) atoms. The number of hydrogen-bond acceptors (Lipinski definition) is 1. The molecule has 1 heteroatoms. The van der Waals surface area contributed by atoms with E-state index in [1.165, 1.54) is 44.9 Å². The Kier molecular flexibility index (Phi) is 3.14. The molecule has 1 aromatic rings. The maximum atomic E-state index is 5.75. The summed E-state index contributed by atoms with van der Waals surface area (Å²) >= 11 is 0. The third-order valence-corrected chi connectivity index (χ3v) is 6.60. The highest BCUT2D eigenvalue weighted by molar-refractivity contribution is 5.29. The van der Waals surface area contributed by atoms with Gasteiger partial charge < -0.3 is 5.73 Å². The molecule has 108 valence electrons. The molecule has 0 spiro atoms. The Labute approximate surface area is 122 Å². The molecule has 0 radical (unpaired) electrons. The minimum absolute atomic E-state index is 0.539. The van der Waals surface area contributed by atoms with Gasteiger partial charge in [-0.2, -0.15) is 0 Å². The average molecular weight is 269 g/mol. The first kappa shape index (κ1) is 12.9. The Morgan fingerprint density at radius 1 is 1.00 bits per heavy atom. The van der Waals surface area contributed by atoms with Gasteiger partial charge in [-0.25, -0.2) is 0 Å². The van der Waals surface area contributed by atoms with Crippen LogP contribution in [-0.2, 0) is 5.41 Å². The molecule has 0 saturated heterocycles. The lowest BCUT2D eigenvalue weighted by atomic mass is 9.44. The second-order valence-corrected chi connectivity index (χ2v) is 7.71. The number of rotatable bonds is 4. The third-order valence-electron chi connectivity index (χ3n) is 6.60. The van der Waals surface area contributed by atoms with Gasteiger partial charge in [0.15, 0.2) is 0 Å². The molecule has 1 nitrogen and oxygen atoms in total. The molecule has 4 bridgehead atoms. The molecule has 5 rings (SSSR count). The highest BCUT2D eigenvalue weighted by atomic mass is 14.6. The predicted octanol–water partition coefficient (Wildman–Crippen LogP) is 4.12. The lowest BCUT2D eigenvalue weighted by Gasteiger charge is -2.60. The molecule has 4 fully saturated rings. The fourth-order valence-electron chi connectivity index (χ4n) is 6.10. The van der Waals surface area contributed by atoms with Gasteiger partial charge in [-0.05, 0) is 86.1 Å². The van der Waals surface area contributed by atoms with E-state index in [9.17, 15) is 0 Å². The molecular weight excluding hydrogens is 242 g/mol. The summed E-state index contributed by atoms with van der Waals surface area (Å²) in [5.41, 5.74) is 7.92. The second kappa shape index (κ2) is 4.87. The molecular formula is C19H27N. The quantitative estimate of drug-likeness (QED) is 0.874. The van der Waals surface area contributed by atoms with Crippen LogP contribution in [0.4, 0.5) is 0 Å². The van der Waals surface area contributed by atoms with Crippen LogP contribution in [0.5, 0.6) is 0 Å². The van der Waals surface area contributed by atoms with E-state index in [1.54, 1.807) is 5.56 Å². The van der Waals surface area contributed by atoms with E-state index in [0.717, 1.165) is 30.2 Å². The zero-order chi connectivity index (χ0) is 13.6. The van der Waals surface area contributed by atoms with Gasteiger partial charge in [0.1, 0.15) is 0 Å². The summed E-state index contributed by atoms with van der Waals surface area (Å²) in [7, 11) is 0. The van der Waals surface area contributed by atoms with Gasteiger partial charge in [0.2, 0.25) is 0 Å². The summed E-state index contributed by atoms with van der Waals surface area (Å²) in [6.07, 6.45) is 10.0. The van der Waals surface area contributed by atoms with Crippen LogP contribution in [0.1, 0.15) is 50.5 Å². The molecule has 4 aliphatic carbocycles. The van der Waals surface area contributed by atoms with Gasteiger partial charge in [-0.3, -0.25) is 0 Å².